The van der Waals surface area contributed by atoms with Crippen LogP contribution < -0.4 is 0 Å². The van der Waals surface area contributed by atoms with E-state index in [4.69, 9.17) is 5.11 Å². The number of hydrogen-bond acceptors (Lipinski definition) is 1. The second-order valence-corrected chi connectivity index (χ2v) is 0.316. The summed E-state index contributed by atoms with van der Waals surface area (Å²) < 4.78 is 0. The molecule has 0 radical (unpaired) electrons. The van der Waals surface area contributed by atoms with Gasteiger partial charge in [-0.2, -0.15) is 0 Å². The van der Waals surface area contributed by atoms with E-state index in [1.807, 2.05) is 0 Å². The topological polar surface area (TPSA) is 20.2 Å². The van der Waals surface area contributed by atoms with Crippen molar-refractivity contribution in [2.45, 2.75) is 6.92 Å². The molecule has 0 aromatic heterocycles. The van der Waals surface area contributed by atoms with Crippen LogP contribution in [0.15, 0.2) is 0 Å². The first-order chi connectivity index (χ1) is 1.41. The molecule has 0 rings (SSSR count). The second-order valence-electron chi connectivity index (χ2n) is 0.316. The number of aliphatic hydroxyl groups is 1. The minimum absolute atomic E-state index is 0. The molecular formula is C2H6MoO. The molecule has 0 aliphatic carbocycles. The zero-order chi connectivity index (χ0) is 2.71. The van der Waals surface area contributed by atoms with Gasteiger partial charge >= 0.3 is 0 Å². The van der Waals surface area contributed by atoms with E-state index in [0.717, 1.165) is 0 Å². The molecule has 0 saturated carbocycles. The summed E-state index contributed by atoms with van der Waals surface area (Å²) >= 11 is 0. The van der Waals surface area contributed by atoms with E-state index < -0.39 is 0 Å². The Morgan fingerprint density at radius 3 is 1.75 bits per heavy atom. The zero-order valence-electron chi connectivity index (χ0n) is 2.56. The van der Waals surface area contributed by atoms with Gasteiger partial charge in [0.05, 0.1) is 0 Å². The molecular weight excluding hydrogens is 136 g/mol. The molecule has 0 aliphatic heterocycles. The molecule has 0 bridgehead atoms. The molecule has 26 valence electrons. The molecule has 2 heteroatoms. The van der Waals surface area contributed by atoms with Crippen molar-refractivity contribution < 1.29 is 26.2 Å². The fourth-order valence-electron chi connectivity index (χ4n) is 0. The van der Waals surface area contributed by atoms with Crippen LogP contribution in [-0.2, 0) is 21.1 Å². The monoisotopic (exact) mass is 144 g/mol. The van der Waals surface area contributed by atoms with Crippen molar-refractivity contribution in [2.24, 2.45) is 0 Å². The molecule has 4 heavy (non-hydrogen) atoms. The van der Waals surface area contributed by atoms with Crippen molar-refractivity contribution in [3.8, 4) is 0 Å². The van der Waals surface area contributed by atoms with E-state index in [1.54, 1.807) is 6.92 Å². The molecule has 0 aromatic carbocycles. The third-order valence-electron chi connectivity index (χ3n) is 0. The van der Waals surface area contributed by atoms with E-state index in [0.29, 0.717) is 0 Å². The summed E-state index contributed by atoms with van der Waals surface area (Å²) in [7, 11) is 0. The van der Waals surface area contributed by atoms with Gasteiger partial charge in [0, 0.05) is 27.7 Å². The van der Waals surface area contributed by atoms with Gasteiger partial charge in [-0.05, 0) is 6.92 Å². The maximum absolute atomic E-state index is 7.57. The van der Waals surface area contributed by atoms with Crippen LogP contribution in [0.25, 0.3) is 0 Å². The first kappa shape index (κ1) is 8.82. The Balaban J connectivity index is 0. The average Bonchev–Trinajstić information content (AvgIpc) is 0.918. The predicted molar refractivity (Wildman–Crippen MR) is 12.8 cm³/mol. The van der Waals surface area contributed by atoms with Gasteiger partial charge in [0.25, 0.3) is 0 Å². The van der Waals surface area contributed by atoms with Crippen molar-refractivity contribution in [1.82, 2.24) is 0 Å². The van der Waals surface area contributed by atoms with Crippen LogP contribution in [0.4, 0.5) is 0 Å². The molecule has 0 spiro atoms. The van der Waals surface area contributed by atoms with Gasteiger partial charge < -0.3 is 5.11 Å². The summed E-state index contributed by atoms with van der Waals surface area (Å²) in [5, 5.41) is 7.57. The summed E-state index contributed by atoms with van der Waals surface area (Å²) in [6.07, 6.45) is 0. The molecule has 0 atom stereocenters. The summed E-state index contributed by atoms with van der Waals surface area (Å²) in [4.78, 5) is 0. The van der Waals surface area contributed by atoms with Gasteiger partial charge in [-0.25, -0.2) is 0 Å². The largest absolute Gasteiger partial charge is 0.397 e. The van der Waals surface area contributed by atoms with Crippen LogP contribution in [0, 0.1) is 0 Å². The third kappa shape index (κ3) is 17.1. The van der Waals surface area contributed by atoms with E-state index in [1.165, 1.54) is 0 Å². The van der Waals surface area contributed by atoms with Crippen molar-refractivity contribution in [1.29, 1.82) is 0 Å². The predicted octanol–water partition coefficient (Wildman–Crippen LogP) is -0.00390. The summed E-state index contributed by atoms with van der Waals surface area (Å²) in [6, 6.07) is 0. The summed E-state index contributed by atoms with van der Waals surface area (Å²) in [5.41, 5.74) is 0. The van der Waals surface area contributed by atoms with Crippen LogP contribution in [0.3, 0.4) is 0 Å². The molecule has 0 fully saturated rings. The van der Waals surface area contributed by atoms with Crippen LogP contribution in [0.1, 0.15) is 6.92 Å². The molecule has 0 heterocycles. The van der Waals surface area contributed by atoms with Gasteiger partial charge in [-0.1, -0.05) is 0 Å². The van der Waals surface area contributed by atoms with E-state index in [2.05, 4.69) is 0 Å². The molecule has 0 aliphatic rings. The Hall–Kier alpha value is 0.648. The maximum Gasteiger partial charge on any atom is 0.0402 e. The minimum atomic E-state index is 0. The minimum Gasteiger partial charge on any atom is -0.397 e. The Kier molecular flexibility index (Phi) is 20.8. The Bertz CT molecular complexity index is 6.00. The SMILES string of the molecule is CCO.[Mo]. The van der Waals surface area contributed by atoms with E-state index in [9.17, 15) is 0 Å². The molecule has 0 amide bonds. The third-order valence-corrected chi connectivity index (χ3v) is 0. The first-order valence-electron chi connectivity index (χ1n) is 1.02. The van der Waals surface area contributed by atoms with Crippen LogP contribution in [-0.4, -0.2) is 11.7 Å². The normalized spacial score (nSPS) is 4.50. The number of aliphatic hydroxyl groups excluding tert-OH is 1. The summed E-state index contributed by atoms with van der Waals surface area (Å²) in [5.74, 6) is 0. The van der Waals surface area contributed by atoms with Crippen molar-refractivity contribution >= 4 is 0 Å². The van der Waals surface area contributed by atoms with Crippen LogP contribution in [0.5, 0.6) is 0 Å². The van der Waals surface area contributed by atoms with Gasteiger partial charge in [0.2, 0.25) is 0 Å². The number of hydrogen-bond donors (Lipinski definition) is 1. The van der Waals surface area contributed by atoms with Gasteiger partial charge in [0.15, 0.2) is 0 Å². The molecule has 1 N–H and O–H groups in total. The fraction of sp³-hybridized carbons (Fsp3) is 1.00. The molecule has 1 nitrogen and oxygen atoms in total. The van der Waals surface area contributed by atoms with Crippen LogP contribution >= 0.6 is 0 Å². The van der Waals surface area contributed by atoms with Crippen LogP contribution in [0.2, 0.25) is 0 Å². The van der Waals surface area contributed by atoms with Gasteiger partial charge in [-0.3, -0.25) is 0 Å². The first-order valence-corrected chi connectivity index (χ1v) is 1.02. The molecule has 0 aromatic rings. The maximum atomic E-state index is 7.57. The quantitative estimate of drug-likeness (QED) is 0.472. The Morgan fingerprint density at radius 1 is 1.75 bits per heavy atom. The van der Waals surface area contributed by atoms with E-state index in [-0.39, 0.29) is 27.7 Å². The van der Waals surface area contributed by atoms with Crippen molar-refractivity contribution in [3.05, 3.63) is 0 Å². The zero-order valence-corrected chi connectivity index (χ0v) is 4.57. The van der Waals surface area contributed by atoms with E-state index >= 15 is 0 Å². The molecule has 0 unspecified atom stereocenters. The smallest absolute Gasteiger partial charge is 0.0402 e. The van der Waals surface area contributed by atoms with Gasteiger partial charge in [0.1, 0.15) is 0 Å². The Morgan fingerprint density at radius 2 is 1.75 bits per heavy atom. The fourth-order valence-corrected chi connectivity index (χ4v) is 0. The van der Waals surface area contributed by atoms with Crippen molar-refractivity contribution in [2.75, 3.05) is 6.61 Å². The van der Waals surface area contributed by atoms with Gasteiger partial charge in [-0.15, -0.1) is 0 Å². The summed E-state index contributed by atoms with van der Waals surface area (Å²) in [6.45, 7) is 1.93. The standard InChI is InChI=1S/C2H6O.Mo/c1-2-3;/h3H,2H2,1H3;. The number of rotatable bonds is 0. The molecule has 0 saturated heterocycles. The second kappa shape index (κ2) is 9.42. The van der Waals surface area contributed by atoms with Crippen molar-refractivity contribution in [3.63, 3.8) is 0 Å². The Labute approximate surface area is 40.3 Å². The average molecular weight is 142 g/mol.